The van der Waals surface area contributed by atoms with Gasteiger partial charge in [0, 0.05) is 27.7 Å². The standard InChI is InChI=1S/C17H15ClN6O/c1-17(2,25)12-3-11-7-22-24(16(11)19-8-12)14-5-10(4-13(18)6-14)15-20-9-21-23-15/h3-9,25H,1-2H3,(H,20,21,23). The molecule has 25 heavy (non-hydrogen) atoms. The quantitative estimate of drug-likeness (QED) is 0.589. The first-order valence-corrected chi connectivity index (χ1v) is 8.04. The number of nitrogens with zero attached hydrogens (tertiary/aromatic N) is 5. The number of hydrogen-bond acceptors (Lipinski definition) is 5. The third-order valence-electron chi connectivity index (χ3n) is 3.93. The summed E-state index contributed by atoms with van der Waals surface area (Å²) in [6, 6.07) is 7.40. The minimum atomic E-state index is -0.960. The Bertz CT molecular complexity index is 1050. The van der Waals surface area contributed by atoms with Crippen molar-refractivity contribution in [3.05, 3.63) is 53.6 Å². The summed E-state index contributed by atoms with van der Waals surface area (Å²) in [6.07, 6.45) is 4.88. The normalized spacial score (nSPS) is 12.0. The van der Waals surface area contributed by atoms with E-state index in [1.54, 1.807) is 43.1 Å². The van der Waals surface area contributed by atoms with Crippen LogP contribution < -0.4 is 0 Å². The average Bonchev–Trinajstić information content (AvgIpc) is 3.22. The lowest BCUT2D eigenvalue weighted by Crippen LogP contribution is -2.15. The number of halogens is 1. The Labute approximate surface area is 148 Å². The highest BCUT2D eigenvalue weighted by molar-refractivity contribution is 6.31. The lowest BCUT2D eigenvalue weighted by atomic mass is 10.00. The van der Waals surface area contributed by atoms with Crippen LogP contribution in [0.1, 0.15) is 19.4 Å². The lowest BCUT2D eigenvalue weighted by molar-refractivity contribution is 0.0784. The summed E-state index contributed by atoms with van der Waals surface area (Å²) in [5.74, 6) is 0.623. The number of nitrogens with one attached hydrogen (secondary N) is 1. The number of H-pyrrole nitrogens is 1. The first-order chi connectivity index (χ1) is 11.9. The first-order valence-electron chi connectivity index (χ1n) is 7.66. The van der Waals surface area contributed by atoms with Gasteiger partial charge in [0.1, 0.15) is 6.33 Å². The molecular formula is C17H15ClN6O. The zero-order valence-corrected chi connectivity index (χ0v) is 14.4. The molecule has 4 aromatic rings. The van der Waals surface area contributed by atoms with E-state index in [1.807, 2.05) is 12.1 Å². The molecule has 1 aromatic carbocycles. The maximum absolute atomic E-state index is 10.1. The highest BCUT2D eigenvalue weighted by Gasteiger charge is 2.18. The Morgan fingerprint density at radius 2 is 2.00 bits per heavy atom. The predicted molar refractivity (Wildman–Crippen MR) is 94.5 cm³/mol. The second-order valence-corrected chi connectivity index (χ2v) is 6.72. The molecule has 0 aliphatic rings. The Balaban J connectivity index is 1.85. The summed E-state index contributed by atoms with van der Waals surface area (Å²) in [5, 5.41) is 23.8. The van der Waals surface area contributed by atoms with E-state index in [-0.39, 0.29) is 0 Å². The molecule has 7 nitrogen and oxygen atoms in total. The number of aliphatic hydroxyl groups is 1. The third-order valence-corrected chi connectivity index (χ3v) is 4.15. The van der Waals surface area contributed by atoms with Gasteiger partial charge in [0.05, 0.1) is 17.5 Å². The van der Waals surface area contributed by atoms with Gasteiger partial charge in [-0.25, -0.2) is 9.67 Å². The van der Waals surface area contributed by atoms with E-state index in [1.165, 1.54) is 6.33 Å². The molecule has 2 N–H and O–H groups in total. The van der Waals surface area contributed by atoms with Crippen LogP contribution in [0.4, 0.5) is 0 Å². The maximum Gasteiger partial charge on any atom is 0.162 e. The van der Waals surface area contributed by atoms with Gasteiger partial charge in [0.15, 0.2) is 11.5 Å². The molecule has 126 valence electrons. The topological polar surface area (TPSA) is 92.5 Å². The zero-order valence-electron chi connectivity index (χ0n) is 13.6. The Morgan fingerprint density at radius 1 is 1.16 bits per heavy atom. The molecule has 3 aromatic heterocycles. The van der Waals surface area contributed by atoms with Crippen molar-refractivity contribution >= 4 is 22.6 Å². The summed E-state index contributed by atoms with van der Waals surface area (Å²) < 4.78 is 1.70. The molecule has 0 saturated heterocycles. The van der Waals surface area contributed by atoms with Gasteiger partial charge >= 0.3 is 0 Å². The Kier molecular flexibility index (Phi) is 3.55. The fourth-order valence-corrected chi connectivity index (χ4v) is 2.85. The molecule has 3 heterocycles. The molecule has 0 aliphatic heterocycles. The predicted octanol–water partition coefficient (Wildman–Crippen LogP) is 3.09. The lowest BCUT2D eigenvalue weighted by Gasteiger charge is -2.17. The SMILES string of the molecule is CC(C)(O)c1cnc2c(cnn2-c2cc(Cl)cc(-c3nnc[nH]3)c2)c1. The van der Waals surface area contributed by atoms with Crippen molar-refractivity contribution in [2.75, 3.05) is 0 Å². The van der Waals surface area contributed by atoms with E-state index < -0.39 is 5.60 Å². The van der Waals surface area contributed by atoms with Gasteiger partial charge in [-0.05, 0) is 38.1 Å². The molecule has 0 fully saturated rings. The van der Waals surface area contributed by atoms with E-state index in [9.17, 15) is 5.11 Å². The van der Waals surface area contributed by atoms with Crippen molar-refractivity contribution in [3.8, 4) is 17.1 Å². The summed E-state index contributed by atoms with van der Waals surface area (Å²) in [7, 11) is 0. The van der Waals surface area contributed by atoms with Crippen LogP contribution in [-0.4, -0.2) is 35.1 Å². The number of rotatable bonds is 3. The van der Waals surface area contributed by atoms with Gasteiger partial charge in [-0.3, -0.25) is 0 Å². The highest BCUT2D eigenvalue weighted by Crippen LogP contribution is 2.27. The van der Waals surface area contributed by atoms with E-state index in [0.29, 0.717) is 16.5 Å². The average molecular weight is 355 g/mol. The fraction of sp³-hybridized carbons (Fsp3) is 0.176. The number of hydrogen-bond donors (Lipinski definition) is 2. The molecule has 0 bridgehead atoms. The number of aromatic nitrogens is 6. The number of benzene rings is 1. The first kappa shape index (κ1) is 15.7. The van der Waals surface area contributed by atoms with Crippen LogP contribution >= 0.6 is 11.6 Å². The van der Waals surface area contributed by atoms with Crippen LogP contribution in [0.15, 0.2) is 43.0 Å². The number of pyridine rings is 1. The monoisotopic (exact) mass is 354 g/mol. The third kappa shape index (κ3) is 2.88. The summed E-state index contributed by atoms with van der Waals surface area (Å²) >= 11 is 6.26. The zero-order chi connectivity index (χ0) is 17.6. The number of fused-ring (bicyclic) bond motifs is 1. The smallest absolute Gasteiger partial charge is 0.162 e. The molecule has 8 heteroatoms. The maximum atomic E-state index is 10.1. The van der Waals surface area contributed by atoms with E-state index >= 15 is 0 Å². The van der Waals surface area contributed by atoms with Gasteiger partial charge in [-0.1, -0.05) is 11.6 Å². The van der Waals surface area contributed by atoms with Crippen LogP contribution in [0, 0.1) is 0 Å². The van der Waals surface area contributed by atoms with Crippen LogP contribution in [0.5, 0.6) is 0 Å². The van der Waals surface area contributed by atoms with Gasteiger partial charge in [-0.15, -0.1) is 10.2 Å². The van der Waals surface area contributed by atoms with Crippen LogP contribution in [0.2, 0.25) is 5.02 Å². The minimum Gasteiger partial charge on any atom is -0.386 e. The number of aromatic amines is 1. The van der Waals surface area contributed by atoms with Crippen molar-refractivity contribution in [1.82, 2.24) is 29.9 Å². The van der Waals surface area contributed by atoms with Crippen molar-refractivity contribution in [2.24, 2.45) is 0 Å². The second kappa shape index (κ2) is 5.65. The molecule has 0 aliphatic carbocycles. The molecule has 0 atom stereocenters. The second-order valence-electron chi connectivity index (χ2n) is 6.29. The van der Waals surface area contributed by atoms with Crippen LogP contribution in [0.3, 0.4) is 0 Å². The molecule has 0 radical (unpaired) electrons. The molecular weight excluding hydrogens is 340 g/mol. The van der Waals surface area contributed by atoms with Crippen molar-refractivity contribution < 1.29 is 5.11 Å². The van der Waals surface area contributed by atoms with Gasteiger partial charge in [0.25, 0.3) is 0 Å². The van der Waals surface area contributed by atoms with Gasteiger partial charge in [0.2, 0.25) is 0 Å². The summed E-state index contributed by atoms with van der Waals surface area (Å²) in [4.78, 5) is 7.43. The van der Waals surface area contributed by atoms with E-state index in [0.717, 1.165) is 22.2 Å². The minimum absolute atomic E-state index is 0.556. The fourth-order valence-electron chi connectivity index (χ4n) is 2.62. The summed E-state index contributed by atoms with van der Waals surface area (Å²) in [5.41, 5.74) is 2.01. The van der Waals surface area contributed by atoms with Gasteiger partial charge in [-0.2, -0.15) is 5.10 Å². The molecule has 4 rings (SSSR count). The van der Waals surface area contributed by atoms with Crippen molar-refractivity contribution in [2.45, 2.75) is 19.4 Å². The highest BCUT2D eigenvalue weighted by atomic mass is 35.5. The Morgan fingerprint density at radius 3 is 2.72 bits per heavy atom. The van der Waals surface area contributed by atoms with Gasteiger partial charge < -0.3 is 10.1 Å². The van der Waals surface area contributed by atoms with Crippen LogP contribution in [0.25, 0.3) is 28.1 Å². The van der Waals surface area contributed by atoms with E-state index in [4.69, 9.17) is 11.6 Å². The van der Waals surface area contributed by atoms with Crippen LogP contribution in [-0.2, 0) is 5.60 Å². The summed E-state index contributed by atoms with van der Waals surface area (Å²) in [6.45, 7) is 3.45. The molecule has 0 amide bonds. The van der Waals surface area contributed by atoms with Crippen molar-refractivity contribution in [3.63, 3.8) is 0 Å². The Hall–Kier alpha value is -2.77. The molecule has 0 unspecified atom stereocenters. The van der Waals surface area contributed by atoms with E-state index in [2.05, 4.69) is 25.3 Å². The molecule has 0 spiro atoms. The molecule has 0 saturated carbocycles. The largest absolute Gasteiger partial charge is 0.386 e. The van der Waals surface area contributed by atoms with Crippen molar-refractivity contribution in [1.29, 1.82) is 0 Å².